The number of nitrogen functional groups attached to an aromatic ring is 1. The zero-order valence-electron chi connectivity index (χ0n) is 12.5. The van der Waals surface area contributed by atoms with Crippen LogP contribution in [0.4, 0.5) is 5.95 Å². The van der Waals surface area contributed by atoms with Crippen molar-refractivity contribution in [2.45, 2.75) is 6.92 Å². The number of aromatic nitrogens is 2. The molecule has 2 N–H and O–H groups in total. The number of esters is 1. The van der Waals surface area contributed by atoms with Gasteiger partial charge in [-0.2, -0.15) is 0 Å². The van der Waals surface area contributed by atoms with Gasteiger partial charge in [0, 0.05) is 11.1 Å². The van der Waals surface area contributed by atoms with E-state index in [1.54, 1.807) is 25.3 Å². The van der Waals surface area contributed by atoms with Crippen molar-refractivity contribution in [1.29, 1.82) is 0 Å². The van der Waals surface area contributed by atoms with Crippen LogP contribution in [-0.4, -0.2) is 22.5 Å². The number of nitrogens with zero attached hydrogens (tertiary/aromatic N) is 2. The Morgan fingerprint density at radius 3 is 2.74 bits per heavy atom. The second-order valence-electron chi connectivity index (χ2n) is 4.74. The zero-order chi connectivity index (χ0) is 16.2. The molecule has 0 amide bonds. The van der Waals surface area contributed by atoms with Crippen molar-refractivity contribution in [2.75, 3.05) is 12.3 Å². The van der Waals surface area contributed by atoms with Gasteiger partial charge in [-0.05, 0) is 24.6 Å². The monoisotopic (exact) mass is 325 g/mol. The van der Waals surface area contributed by atoms with E-state index in [0.29, 0.717) is 17.9 Å². The maximum atomic E-state index is 12.3. The van der Waals surface area contributed by atoms with Crippen molar-refractivity contribution in [3.05, 3.63) is 54.2 Å². The van der Waals surface area contributed by atoms with E-state index in [2.05, 4.69) is 9.97 Å². The minimum Gasteiger partial charge on any atom is -0.462 e. The highest BCUT2D eigenvalue weighted by Gasteiger charge is 2.19. The van der Waals surface area contributed by atoms with Gasteiger partial charge in [-0.1, -0.05) is 30.3 Å². The summed E-state index contributed by atoms with van der Waals surface area (Å²) in [4.78, 5) is 22.1. The number of hydrogen-bond donors (Lipinski definition) is 1. The van der Waals surface area contributed by atoms with Crippen LogP contribution in [0.3, 0.4) is 0 Å². The molecule has 0 fully saturated rings. The Morgan fingerprint density at radius 1 is 1.26 bits per heavy atom. The van der Waals surface area contributed by atoms with Crippen molar-refractivity contribution in [3.63, 3.8) is 0 Å². The first-order chi connectivity index (χ1) is 11.2. The summed E-state index contributed by atoms with van der Waals surface area (Å²) in [7, 11) is 0. The minimum absolute atomic E-state index is 0.204. The molecule has 3 aromatic rings. The predicted molar refractivity (Wildman–Crippen MR) is 91.1 cm³/mol. The van der Waals surface area contributed by atoms with E-state index in [9.17, 15) is 4.79 Å². The molecule has 116 valence electrons. The lowest BCUT2D eigenvalue weighted by Crippen LogP contribution is -2.04. The topological polar surface area (TPSA) is 78.1 Å². The zero-order valence-corrected chi connectivity index (χ0v) is 13.3. The van der Waals surface area contributed by atoms with E-state index >= 15 is 0 Å². The Morgan fingerprint density at radius 2 is 2.04 bits per heavy atom. The number of rotatable bonds is 4. The summed E-state index contributed by atoms with van der Waals surface area (Å²) in [5.74, 6) is -0.134. The van der Waals surface area contributed by atoms with E-state index in [-0.39, 0.29) is 11.9 Å². The third kappa shape index (κ3) is 3.22. The van der Waals surface area contributed by atoms with Crippen LogP contribution in [0.1, 0.15) is 17.3 Å². The molecule has 0 aliphatic rings. The predicted octanol–water partition coefficient (Wildman–Crippen LogP) is 3.63. The molecular formula is C17H15N3O2S. The second-order valence-corrected chi connectivity index (χ2v) is 5.79. The first-order valence-corrected chi connectivity index (χ1v) is 7.96. The molecule has 0 radical (unpaired) electrons. The molecule has 2 aromatic heterocycles. The lowest BCUT2D eigenvalue weighted by Gasteiger charge is -2.03. The lowest BCUT2D eigenvalue weighted by atomic mass is 10.1. The highest BCUT2D eigenvalue weighted by molar-refractivity contribution is 7.19. The molecule has 0 aliphatic carbocycles. The number of thiophene rings is 1. The van der Waals surface area contributed by atoms with Gasteiger partial charge in [-0.15, -0.1) is 11.3 Å². The van der Waals surface area contributed by atoms with Crippen LogP contribution in [0.15, 0.2) is 48.7 Å². The van der Waals surface area contributed by atoms with Gasteiger partial charge < -0.3 is 10.5 Å². The fraction of sp³-hybridized carbons (Fsp3) is 0.118. The minimum atomic E-state index is -0.337. The van der Waals surface area contributed by atoms with Gasteiger partial charge in [0.2, 0.25) is 5.95 Å². The van der Waals surface area contributed by atoms with Crippen LogP contribution in [0.2, 0.25) is 0 Å². The molecule has 0 unspecified atom stereocenters. The number of benzene rings is 1. The number of nitrogens with two attached hydrogens (primary N) is 1. The molecule has 23 heavy (non-hydrogen) atoms. The van der Waals surface area contributed by atoms with Crippen LogP contribution < -0.4 is 5.73 Å². The molecule has 0 bridgehead atoms. The number of anilines is 1. The Bertz CT molecular complexity index is 831. The second kappa shape index (κ2) is 6.58. The van der Waals surface area contributed by atoms with E-state index in [0.717, 1.165) is 15.3 Å². The molecule has 0 spiro atoms. The van der Waals surface area contributed by atoms with Gasteiger partial charge in [0.25, 0.3) is 0 Å². The van der Waals surface area contributed by atoms with Crippen LogP contribution in [0.25, 0.3) is 21.0 Å². The summed E-state index contributed by atoms with van der Waals surface area (Å²) < 4.78 is 5.17. The van der Waals surface area contributed by atoms with Crippen molar-refractivity contribution in [3.8, 4) is 21.0 Å². The highest BCUT2D eigenvalue weighted by Crippen LogP contribution is 2.38. The fourth-order valence-corrected chi connectivity index (χ4v) is 3.31. The van der Waals surface area contributed by atoms with Crippen LogP contribution in [0.5, 0.6) is 0 Å². The SMILES string of the molecule is CCOC(=O)c1cc(-c2ccnc(N)n2)sc1-c1ccccc1. The molecule has 1 aromatic carbocycles. The van der Waals surface area contributed by atoms with Crippen LogP contribution >= 0.6 is 11.3 Å². The van der Waals surface area contributed by atoms with Gasteiger partial charge >= 0.3 is 5.97 Å². The van der Waals surface area contributed by atoms with Gasteiger partial charge in [-0.3, -0.25) is 0 Å². The molecule has 0 saturated carbocycles. The first-order valence-electron chi connectivity index (χ1n) is 7.14. The molecule has 0 atom stereocenters. The summed E-state index contributed by atoms with van der Waals surface area (Å²) in [5.41, 5.74) is 7.84. The van der Waals surface area contributed by atoms with Crippen molar-refractivity contribution >= 4 is 23.3 Å². The fourth-order valence-electron chi connectivity index (χ4n) is 2.19. The highest BCUT2D eigenvalue weighted by atomic mass is 32.1. The van der Waals surface area contributed by atoms with Crippen molar-refractivity contribution < 1.29 is 9.53 Å². The smallest absolute Gasteiger partial charge is 0.339 e. The standard InChI is InChI=1S/C17H15N3O2S/c1-2-22-16(21)12-10-14(13-8-9-19-17(18)20-13)23-15(12)11-6-4-3-5-7-11/h3-10H,2H2,1H3,(H2,18,19,20). The Kier molecular flexibility index (Phi) is 4.34. The Labute approximate surface area is 137 Å². The summed E-state index contributed by atoms with van der Waals surface area (Å²) in [6.07, 6.45) is 1.60. The van der Waals surface area contributed by atoms with E-state index in [4.69, 9.17) is 10.5 Å². The van der Waals surface area contributed by atoms with Crippen molar-refractivity contribution in [2.24, 2.45) is 0 Å². The number of ether oxygens (including phenoxy) is 1. The van der Waals surface area contributed by atoms with E-state index < -0.39 is 0 Å². The third-order valence-corrected chi connectivity index (χ3v) is 4.40. The van der Waals surface area contributed by atoms with Gasteiger partial charge in [-0.25, -0.2) is 14.8 Å². The summed E-state index contributed by atoms with van der Waals surface area (Å²) >= 11 is 1.48. The largest absolute Gasteiger partial charge is 0.462 e. The lowest BCUT2D eigenvalue weighted by molar-refractivity contribution is 0.0528. The Balaban J connectivity index is 2.12. The number of carbonyl (C=O) groups is 1. The molecule has 0 saturated heterocycles. The third-order valence-electron chi connectivity index (χ3n) is 3.19. The van der Waals surface area contributed by atoms with Gasteiger partial charge in [0.15, 0.2) is 0 Å². The van der Waals surface area contributed by atoms with Crippen LogP contribution in [-0.2, 0) is 4.74 Å². The van der Waals surface area contributed by atoms with Gasteiger partial charge in [0.1, 0.15) is 0 Å². The molecule has 6 heteroatoms. The number of hydrogen-bond acceptors (Lipinski definition) is 6. The maximum Gasteiger partial charge on any atom is 0.339 e. The first kappa shape index (κ1) is 15.2. The molecule has 2 heterocycles. The summed E-state index contributed by atoms with van der Waals surface area (Å²) in [6, 6.07) is 13.3. The normalized spacial score (nSPS) is 10.5. The van der Waals surface area contributed by atoms with E-state index in [1.807, 2.05) is 30.3 Å². The molecular weight excluding hydrogens is 310 g/mol. The molecule has 5 nitrogen and oxygen atoms in total. The average molecular weight is 325 g/mol. The Hall–Kier alpha value is -2.73. The van der Waals surface area contributed by atoms with Gasteiger partial charge in [0.05, 0.1) is 22.7 Å². The average Bonchev–Trinajstić information content (AvgIpc) is 3.01. The maximum absolute atomic E-state index is 12.3. The van der Waals surface area contributed by atoms with E-state index in [1.165, 1.54) is 11.3 Å². The molecule has 3 rings (SSSR count). The summed E-state index contributed by atoms with van der Waals surface area (Å²) in [5, 5.41) is 0. The van der Waals surface area contributed by atoms with Crippen LogP contribution in [0, 0.1) is 0 Å². The quantitative estimate of drug-likeness (QED) is 0.741. The molecule has 0 aliphatic heterocycles. The summed E-state index contributed by atoms with van der Waals surface area (Å²) in [6.45, 7) is 2.12. The van der Waals surface area contributed by atoms with Crippen molar-refractivity contribution in [1.82, 2.24) is 9.97 Å². The number of carbonyl (C=O) groups excluding carboxylic acids is 1.